The van der Waals surface area contributed by atoms with Gasteiger partial charge in [-0.3, -0.25) is 9.78 Å². The van der Waals surface area contributed by atoms with Crippen LogP contribution in [0.15, 0.2) is 24.3 Å². The first kappa shape index (κ1) is 12.3. The van der Waals surface area contributed by atoms with Crippen LogP contribution in [0.3, 0.4) is 0 Å². The number of benzene rings is 1. The van der Waals surface area contributed by atoms with Gasteiger partial charge < -0.3 is 16.8 Å². The van der Waals surface area contributed by atoms with Crippen LogP contribution < -0.4 is 16.8 Å². The van der Waals surface area contributed by atoms with Crippen molar-refractivity contribution in [3.8, 4) is 0 Å². The van der Waals surface area contributed by atoms with Crippen LogP contribution in [0.2, 0.25) is 0 Å². The van der Waals surface area contributed by atoms with Crippen molar-refractivity contribution in [1.29, 1.82) is 0 Å². The Morgan fingerprint density at radius 1 is 1.39 bits per heavy atom. The number of nitrogen functional groups attached to an aromatic ring is 1. The van der Waals surface area contributed by atoms with Crippen molar-refractivity contribution in [2.45, 2.75) is 6.92 Å². The molecule has 2 aromatic rings. The molecule has 18 heavy (non-hydrogen) atoms. The number of rotatable bonds is 3. The van der Waals surface area contributed by atoms with Gasteiger partial charge in [0.05, 0.1) is 11.1 Å². The van der Waals surface area contributed by atoms with E-state index in [0.717, 1.165) is 16.6 Å². The summed E-state index contributed by atoms with van der Waals surface area (Å²) >= 11 is 0. The second-order valence-electron chi connectivity index (χ2n) is 4.13. The standard InChI is InChI=1S/C13H16N4O/c1-8-6-11(13(18)16-5-4-14)10-7-9(15)2-3-12(10)17-8/h2-3,6-7H,4-5,14-15H2,1H3,(H,16,18). The third kappa shape index (κ3) is 2.41. The summed E-state index contributed by atoms with van der Waals surface area (Å²) in [6.45, 7) is 2.72. The monoisotopic (exact) mass is 244 g/mol. The van der Waals surface area contributed by atoms with E-state index in [0.29, 0.717) is 24.3 Å². The van der Waals surface area contributed by atoms with E-state index in [1.807, 2.05) is 13.0 Å². The van der Waals surface area contributed by atoms with Gasteiger partial charge in [0.25, 0.3) is 5.91 Å². The number of carbonyl (C=O) groups excluding carboxylic acids is 1. The summed E-state index contributed by atoms with van der Waals surface area (Å²) in [4.78, 5) is 16.4. The van der Waals surface area contributed by atoms with E-state index in [1.54, 1.807) is 18.2 Å². The predicted octanol–water partition coefficient (Wildman–Crippen LogP) is 0.814. The summed E-state index contributed by atoms with van der Waals surface area (Å²) in [5, 5.41) is 3.51. The number of pyridine rings is 1. The molecule has 0 fully saturated rings. The smallest absolute Gasteiger partial charge is 0.252 e. The number of aryl methyl sites for hydroxylation is 1. The lowest BCUT2D eigenvalue weighted by molar-refractivity contribution is 0.0956. The molecular weight excluding hydrogens is 228 g/mol. The maximum absolute atomic E-state index is 12.0. The Morgan fingerprint density at radius 2 is 2.17 bits per heavy atom. The molecule has 0 aliphatic heterocycles. The number of carbonyl (C=O) groups is 1. The van der Waals surface area contributed by atoms with Crippen LogP contribution in [0, 0.1) is 6.92 Å². The highest BCUT2D eigenvalue weighted by molar-refractivity contribution is 6.06. The number of amides is 1. The third-order valence-electron chi connectivity index (χ3n) is 2.64. The lowest BCUT2D eigenvalue weighted by Crippen LogP contribution is -2.29. The minimum absolute atomic E-state index is 0.151. The molecular formula is C13H16N4O. The molecule has 5 heteroatoms. The van der Waals surface area contributed by atoms with E-state index in [2.05, 4.69) is 10.3 Å². The van der Waals surface area contributed by atoms with E-state index in [1.165, 1.54) is 0 Å². The van der Waals surface area contributed by atoms with Crippen molar-refractivity contribution in [3.05, 3.63) is 35.5 Å². The van der Waals surface area contributed by atoms with Crippen LogP contribution in [0.5, 0.6) is 0 Å². The average Bonchev–Trinajstić information content (AvgIpc) is 2.35. The van der Waals surface area contributed by atoms with E-state index < -0.39 is 0 Å². The van der Waals surface area contributed by atoms with Crippen molar-refractivity contribution in [3.63, 3.8) is 0 Å². The Morgan fingerprint density at radius 3 is 2.89 bits per heavy atom. The zero-order chi connectivity index (χ0) is 13.1. The van der Waals surface area contributed by atoms with Gasteiger partial charge in [0.1, 0.15) is 0 Å². The Kier molecular flexibility index (Phi) is 3.43. The zero-order valence-electron chi connectivity index (χ0n) is 10.2. The second kappa shape index (κ2) is 5.01. The summed E-state index contributed by atoms with van der Waals surface area (Å²) < 4.78 is 0. The van der Waals surface area contributed by atoms with Crippen LogP contribution in [-0.2, 0) is 0 Å². The maximum Gasteiger partial charge on any atom is 0.252 e. The first-order valence-corrected chi connectivity index (χ1v) is 5.77. The fraction of sp³-hybridized carbons (Fsp3) is 0.231. The van der Waals surface area contributed by atoms with Crippen molar-refractivity contribution < 1.29 is 4.79 Å². The van der Waals surface area contributed by atoms with Gasteiger partial charge in [-0.05, 0) is 31.2 Å². The number of nitrogens with one attached hydrogen (secondary N) is 1. The lowest BCUT2D eigenvalue weighted by Gasteiger charge is -2.09. The predicted molar refractivity (Wildman–Crippen MR) is 72.3 cm³/mol. The Labute approximate surface area is 105 Å². The molecule has 0 radical (unpaired) electrons. The van der Waals surface area contributed by atoms with Gasteiger partial charge in [0, 0.05) is 29.9 Å². The van der Waals surface area contributed by atoms with Crippen LogP contribution in [0.1, 0.15) is 16.1 Å². The lowest BCUT2D eigenvalue weighted by atomic mass is 10.1. The van der Waals surface area contributed by atoms with Gasteiger partial charge >= 0.3 is 0 Å². The van der Waals surface area contributed by atoms with Crippen molar-refractivity contribution in [1.82, 2.24) is 10.3 Å². The summed E-state index contributed by atoms with van der Waals surface area (Å²) in [5.74, 6) is -0.151. The van der Waals surface area contributed by atoms with Gasteiger partial charge in [-0.25, -0.2) is 0 Å². The molecule has 0 unspecified atom stereocenters. The number of aromatic nitrogens is 1. The van der Waals surface area contributed by atoms with Gasteiger partial charge in [-0.15, -0.1) is 0 Å². The maximum atomic E-state index is 12.0. The van der Waals surface area contributed by atoms with E-state index >= 15 is 0 Å². The van der Waals surface area contributed by atoms with Crippen LogP contribution in [0.25, 0.3) is 10.9 Å². The van der Waals surface area contributed by atoms with Gasteiger partial charge in [0.15, 0.2) is 0 Å². The van der Waals surface area contributed by atoms with Crippen molar-refractivity contribution in [2.75, 3.05) is 18.8 Å². The topological polar surface area (TPSA) is 94.0 Å². The van der Waals surface area contributed by atoms with Crippen LogP contribution in [-0.4, -0.2) is 24.0 Å². The molecule has 1 amide bonds. The summed E-state index contributed by atoms with van der Waals surface area (Å²) in [5.41, 5.74) is 13.9. The van der Waals surface area contributed by atoms with Gasteiger partial charge in [0.2, 0.25) is 0 Å². The fourth-order valence-corrected chi connectivity index (χ4v) is 1.84. The normalized spacial score (nSPS) is 10.6. The third-order valence-corrected chi connectivity index (χ3v) is 2.64. The largest absolute Gasteiger partial charge is 0.399 e. The molecule has 0 aliphatic carbocycles. The molecule has 0 aliphatic rings. The molecule has 94 valence electrons. The van der Waals surface area contributed by atoms with Gasteiger partial charge in [-0.1, -0.05) is 0 Å². The SMILES string of the molecule is Cc1cc(C(=O)NCCN)c2cc(N)ccc2n1. The first-order chi connectivity index (χ1) is 8.61. The number of fused-ring (bicyclic) bond motifs is 1. The Balaban J connectivity index is 2.54. The van der Waals surface area contributed by atoms with Crippen molar-refractivity contribution >= 4 is 22.5 Å². The minimum Gasteiger partial charge on any atom is -0.399 e. The highest BCUT2D eigenvalue weighted by Crippen LogP contribution is 2.21. The highest BCUT2D eigenvalue weighted by Gasteiger charge is 2.11. The van der Waals surface area contributed by atoms with E-state index in [-0.39, 0.29) is 5.91 Å². The zero-order valence-corrected chi connectivity index (χ0v) is 10.2. The van der Waals surface area contributed by atoms with Crippen LogP contribution in [0.4, 0.5) is 5.69 Å². The van der Waals surface area contributed by atoms with Crippen LogP contribution >= 0.6 is 0 Å². The number of nitrogens with zero attached hydrogens (tertiary/aromatic N) is 1. The number of hydrogen-bond donors (Lipinski definition) is 3. The number of nitrogens with two attached hydrogens (primary N) is 2. The van der Waals surface area contributed by atoms with Crippen molar-refractivity contribution in [2.24, 2.45) is 5.73 Å². The molecule has 0 spiro atoms. The molecule has 0 saturated carbocycles. The average molecular weight is 244 g/mol. The molecule has 0 saturated heterocycles. The molecule has 1 heterocycles. The number of anilines is 1. The van der Waals surface area contributed by atoms with E-state index in [9.17, 15) is 4.79 Å². The Hall–Kier alpha value is -2.14. The number of hydrogen-bond acceptors (Lipinski definition) is 4. The first-order valence-electron chi connectivity index (χ1n) is 5.77. The summed E-state index contributed by atoms with van der Waals surface area (Å²) in [7, 11) is 0. The minimum atomic E-state index is -0.151. The molecule has 5 N–H and O–H groups in total. The molecule has 1 aromatic heterocycles. The van der Waals surface area contributed by atoms with Gasteiger partial charge in [-0.2, -0.15) is 0 Å². The summed E-state index contributed by atoms with van der Waals surface area (Å²) in [6, 6.07) is 7.11. The second-order valence-corrected chi connectivity index (χ2v) is 4.13. The summed E-state index contributed by atoms with van der Waals surface area (Å²) in [6.07, 6.45) is 0. The Bertz CT molecular complexity index is 595. The molecule has 0 bridgehead atoms. The molecule has 5 nitrogen and oxygen atoms in total. The fourth-order valence-electron chi connectivity index (χ4n) is 1.84. The highest BCUT2D eigenvalue weighted by atomic mass is 16.1. The molecule has 1 aromatic carbocycles. The molecule has 0 atom stereocenters. The molecule has 2 rings (SSSR count). The van der Waals surface area contributed by atoms with E-state index in [4.69, 9.17) is 11.5 Å². The quantitative estimate of drug-likeness (QED) is 0.696.